The normalized spacial score (nSPS) is 11.2. The van der Waals surface area contributed by atoms with Crippen LogP contribution in [0, 0.1) is 0 Å². The summed E-state index contributed by atoms with van der Waals surface area (Å²) in [5.74, 6) is 0. The lowest BCUT2D eigenvalue weighted by atomic mass is 10.2. The van der Waals surface area contributed by atoms with Crippen LogP contribution in [0.15, 0.2) is 36.0 Å². The van der Waals surface area contributed by atoms with Crippen molar-refractivity contribution < 1.29 is 0 Å². The van der Waals surface area contributed by atoms with Crippen molar-refractivity contribution in [3.63, 3.8) is 0 Å². The standard InChI is InChI=1S/C10H14Si/c1-11(2)9-8-10-6-4-3-5-7-10/h3-9,11H,1-2H3. The van der Waals surface area contributed by atoms with E-state index in [1.807, 2.05) is 6.07 Å². The van der Waals surface area contributed by atoms with E-state index in [9.17, 15) is 0 Å². The topological polar surface area (TPSA) is 0 Å². The van der Waals surface area contributed by atoms with Crippen molar-refractivity contribution >= 4 is 14.9 Å². The number of hydrogen-bond donors (Lipinski definition) is 0. The minimum absolute atomic E-state index is 0.521. The van der Waals surface area contributed by atoms with Crippen LogP contribution in [0.3, 0.4) is 0 Å². The van der Waals surface area contributed by atoms with Gasteiger partial charge in [-0.3, -0.25) is 0 Å². The highest BCUT2D eigenvalue weighted by Gasteiger charge is 1.86. The molecular weight excluding hydrogens is 148 g/mol. The van der Waals surface area contributed by atoms with Crippen LogP contribution in [-0.4, -0.2) is 8.80 Å². The molecule has 0 saturated carbocycles. The maximum absolute atomic E-state index is 2.34. The predicted molar refractivity (Wildman–Crippen MR) is 54.4 cm³/mol. The van der Waals surface area contributed by atoms with E-state index in [4.69, 9.17) is 0 Å². The lowest BCUT2D eigenvalue weighted by molar-refractivity contribution is 1.66. The second-order valence-electron chi connectivity index (χ2n) is 3.01. The Kier molecular flexibility index (Phi) is 3.11. The lowest BCUT2D eigenvalue weighted by Crippen LogP contribution is -1.91. The lowest BCUT2D eigenvalue weighted by Gasteiger charge is -1.92. The molecule has 0 bridgehead atoms. The summed E-state index contributed by atoms with van der Waals surface area (Å²) in [6, 6.07) is 10.5. The van der Waals surface area contributed by atoms with Crippen LogP contribution in [0.25, 0.3) is 6.08 Å². The van der Waals surface area contributed by atoms with Gasteiger partial charge in [0.15, 0.2) is 0 Å². The smallest absolute Gasteiger partial charge is 0.0554 e. The number of hydrogen-bond acceptors (Lipinski definition) is 0. The van der Waals surface area contributed by atoms with Crippen LogP contribution in [-0.2, 0) is 0 Å². The molecule has 0 N–H and O–H groups in total. The molecule has 0 aromatic heterocycles. The third kappa shape index (κ3) is 3.19. The molecule has 1 heteroatoms. The van der Waals surface area contributed by atoms with Gasteiger partial charge < -0.3 is 0 Å². The molecule has 0 amide bonds. The first kappa shape index (κ1) is 8.28. The van der Waals surface area contributed by atoms with Gasteiger partial charge in [0.1, 0.15) is 0 Å². The summed E-state index contributed by atoms with van der Waals surface area (Å²) in [5, 5.41) is 0. The summed E-state index contributed by atoms with van der Waals surface area (Å²) in [4.78, 5) is 0. The molecule has 0 aliphatic rings. The molecule has 11 heavy (non-hydrogen) atoms. The molecule has 1 aromatic carbocycles. The van der Waals surface area contributed by atoms with Crippen LogP contribution < -0.4 is 0 Å². The van der Waals surface area contributed by atoms with Crippen molar-refractivity contribution in [3.05, 3.63) is 41.6 Å². The van der Waals surface area contributed by atoms with E-state index in [-0.39, 0.29) is 0 Å². The molecule has 0 radical (unpaired) electrons. The zero-order chi connectivity index (χ0) is 8.10. The monoisotopic (exact) mass is 162 g/mol. The molecule has 1 rings (SSSR count). The van der Waals surface area contributed by atoms with E-state index in [1.165, 1.54) is 5.56 Å². The van der Waals surface area contributed by atoms with Gasteiger partial charge in [0, 0.05) is 0 Å². The molecule has 0 spiro atoms. The summed E-state index contributed by atoms with van der Waals surface area (Å²) in [6.07, 6.45) is 2.22. The highest BCUT2D eigenvalue weighted by Crippen LogP contribution is 2.01. The minimum atomic E-state index is -0.521. The molecule has 0 heterocycles. The van der Waals surface area contributed by atoms with Crippen molar-refractivity contribution in [2.75, 3.05) is 0 Å². The van der Waals surface area contributed by atoms with Gasteiger partial charge in [-0.25, -0.2) is 0 Å². The van der Waals surface area contributed by atoms with Crippen LogP contribution in [0.5, 0.6) is 0 Å². The number of rotatable bonds is 2. The van der Waals surface area contributed by atoms with Gasteiger partial charge in [-0.2, -0.15) is 0 Å². The Morgan fingerprint density at radius 3 is 2.27 bits per heavy atom. The molecule has 0 aliphatic carbocycles. The summed E-state index contributed by atoms with van der Waals surface area (Å²) in [6.45, 7) is 4.64. The van der Waals surface area contributed by atoms with Crippen molar-refractivity contribution in [1.29, 1.82) is 0 Å². The first-order valence-electron chi connectivity index (χ1n) is 4.02. The van der Waals surface area contributed by atoms with Gasteiger partial charge in [0.05, 0.1) is 8.80 Å². The van der Waals surface area contributed by atoms with Crippen LogP contribution in [0.4, 0.5) is 0 Å². The van der Waals surface area contributed by atoms with Gasteiger partial charge in [0.25, 0.3) is 0 Å². The van der Waals surface area contributed by atoms with Gasteiger partial charge >= 0.3 is 0 Å². The summed E-state index contributed by atoms with van der Waals surface area (Å²) >= 11 is 0. The fourth-order valence-electron chi connectivity index (χ4n) is 0.868. The van der Waals surface area contributed by atoms with E-state index in [2.05, 4.69) is 49.1 Å². The number of benzene rings is 1. The summed E-state index contributed by atoms with van der Waals surface area (Å²) < 4.78 is 0. The van der Waals surface area contributed by atoms with Crippen LogP contribution >= 0.6 is 0 Å². The van der Waals surface area contributed by atoms with Crippen molar-refractivity contribution in [2.24, 2.45) is 0 Å². The molecular formula is C10H14Si. The van der Waals surface area contributed by atoms with E-state index in [1.54, 1.807) is 0 Å². The molecule has 0 atom stereocenters. The maximum atomic E-state index is 2.34. The Balaban J connectivity index is 2.65. The summed E-state index contributed by atoms with van der Waals surface area (Å²) in [5.41, 5.74) is 3.66. The van der Waals surface area contributed by atoms with Gasteiger partial charge in [-0.05, 0) is 5.56 Å². The van der Waals surface area contributed by atoms with E-state index in [0.717, 1.165) is 0 Å². The molecule has 0 nitrogen and oxygen atoms in total. The third-order valence-corrected chi connectivity index (χ3v) is 2.44. The first-order valence-corrected chi connectivity index (χ1v) is 7.00. The average Bonchev–Trinajstić information content (AvgIpc) is 2.03. The van der Waals surface area contributed by atoms with Crippen molar-refractivity contribution in [2.45, 2.75) is 13.1 Å². The van der Waals surface area contributed by atoms with Crippen LogP contribution in [0.2, 0.25) is 13.1 Å². The fraction of sp³-hybridized carbons (Fsp3) is 0.200. The Morgan fingerprint density at radius 2 is 1.73 bits per heavy atom. The summed E-state index contributed by atoms with van der Waals surface area (Å²) in [7, 11) is -0.521. The molecule has 1 aromatic rings. The zero-order valence-corrected chi connectivity index (χ0v) is 8.27. The molecule has 58 valence electrons. The Hall–Kier alpha value is -0.823. The minimum Gasteiger partial charge on any atom is -0.0976 e. The van der Waals surface area contributed by atoms with Crippen LogP contribution in [0.1, 0.15) is 5.56 Å². The second kappa shape index (κ2) is 4.14. The predicted octanol–water partition coefficient (Wildman–Crippen LogP) is 2.73. The molecule has 0 unspecified atom stereocenters. The van der Waals surface area contributed by atoms with Gasteiger partial charge in [-0.1, -0.05) is 55.2 Å². The average molecular weight is 162 g/mol. The molecule has 0 saturated heterocycles. The Morgan fingerprint density at radius 1 is 1.09 bits per heavy atom. The van der Waals surface area contributed by atoms with Crippen molar-refractivity contribution in [1.82, 2.24) is 0 Å². The Labute approximate surface area is 70.2 Å². The first-order chi connectivity index (χ1) is 5.29. The molecule has 0 fully saturated rings. The SMILES string of the molecule is C[SiH](C)C=Cc1ccccc1. The largest absolute Gasteiger partial charge is 0.0976 e. The zero-order valence-electron chi connectivity index (χ0n) is 7.12. The maximum Gasteiger partial charge on any atom is 0.0554 e. The fourth-order valence-corrected chi connectivity index (χ4v) is 1.47. The third-order valence-electron chi connectivity index (χ3n) is 1.47. The second-order valence-corrected chi connectivity index (χ2v) is 5.89. The highest BCUT2D eigenvalue weighted by atomic mass is 28.3. The molecule has 0 aliphatic heterocycles. The van der Waals surface area contributed by atoms with E-state index < -0.39 is 8.80 Å². The Bertz CT molecular complexity index is 224. The quantitative estimate of drug-likeness (QED) is 0.587. The highest BCUT2D eigenvalue weighted by molar-refractivity contribution is 6.62. The van der Waals surface area contributed by atoms with E-state index >= 15 is 0 Å². The van der Waals surface area contributed by atoms with Gasteiger partial charge in [0.2, 0.25) is 0 Å². The van der Waals surface area contributed by atoms with E-state index in [0.29, 0.717) is 0 Å². The van der Waals surface area contributed by atoms with Crippen molar-refractivity contribution in [3.8, 4) is 0 Å². The van der Waals surface area contributed by atoms with Gasteiger partial charge in [-0.15, -0.1) is 0 Å².